The number of carbonyl (C=O) groups excluding carboxylic acids is 2. The predicted octanol–water partition coefficient (Wildman–Crippen LogP) is 3.48. The highest BCUT2D eigenvalue weighted by Crippen LogP contribution is 2.33. The van der Waals surface area contributed by atoms with Gasteiger partial charge in [-0.2, -0.15) is 0 Å². The summed E-state index contributed by atoms with van der Waals surface area (Å²) in [6.45, 7) is 2.31. The van der Waals surface area contributed by atoms with Gasteiger partial charge in [0.2, 0.25) is 5.91 Å². The largest absolute Gasteiger partial charge is 0.492 e. The number of hydrogen-bond donors (Lipinski definition) is 1. The molecule has 1 heterocycles. The van der Waals surface area contributed by atoms with Crippen LogP contribution in [0.15, 0.2) is 48.5 Å². The number of anilines is 2. The first-order chi connectivity index (χ1) is 11.6. The Kier molecular flexibility index (Phi) is 4.71. The topological polar surface area (TPSA) is 58.6 Å². The summed E-state index contributed by atoms with van der Waals surface area (Å²) in [5.41, 5.74) is 1.10. The molecular weight excluding hydrogens is 328 g/mol. The van der Waals surface area contributed by atoms with Gasteiger partial charge < -0.3 is 10.1 Å². The minimum atomic E-state index is -0.646. The molecule has 0 aliphatic carbocycles. The highest BCUT2D eigenvalue weighted by Gasteiger charge is 2.40. The monoisotopic (exact) mass is 344 g/mol. The molecule has 2 aromatic rings. The van der Waals surface area contributed by atoms with Crippen molar-refractivity contribution in [1.82, 2.24) is 0 Å². The van der Waals surface area contributed by atoms with Crippen LogP contribution >= 0.6 is 11.6 Å². The molecule has 0 bridgehead atoms. The molecule has 2 aromatic carbocycles. The van der Waals surface area contributed by atoms with Crippen molar-refractivity contribution >= 4 is 34.8 Å². The van der Waals surface area contributed by atoms with E-state index in [-0.39, 0.29) is 18.2 Å². The molecule has 5 nitrogen and oxygen atoms in total. The fourth-order valence-electron chi connectivity index (χ4n) is 2.68. The van der Waals surface area contributed by atoms with E-state index >= 15 is 0 Å². The average Bonchev–Trinajstić information content (AvgIpc) is 2.85. The maximum Gasteiger partial charge on any atom is 0.256 e. The first-order valence-electron chi connectivity index (χ1n) is 7.71. The van der Waals surface area contributed by atoms with Crippen LogP contribution in [0, 0.1) is 0 Å². The van der Waals surface area contributed by atoms with Gasteiger partial charge in [-0.3, -0.25) is 9.59 Å². The fraction of sp³-hybridized carbons (Fsp3) is 0.222. The van der Waals surface area contributed by atoms with Crippen LogP contribution in [-0.2, 0) is 9.59 Å². The number of halogens is 1. The van der Waals surface area contributed by atoms with Crippen LogP contribution in [0.4, 0.5) is 11.4 Å². The lowest BCUT2D eigenvalue weighted by Gasteiger charge is -2.19. The number of carbonyl (C=O) groups is 2. The van der Waals surface area contributed by atoms with Crippen molar-refractivity contribution < 1.29 is 14.3 Å². The Morgan fingerprint density at radius 2 is 1.88 bits per heavy atom. The van der Waals surface area contributed by atoms with Crippen LogP contribution in [0.3, 0.4) is 0 Å². The number of amides is 2. The van der Waals surface area contributed by atoms with Crippen molar-refractivity contribution in [2.24, 2.45) is 0 Å². The first-order valence-corrected chi connectivity index (χ1v) is 8.09. The third kappa shape index (κ3) is 3.08. The standard InChI is InChI=1S/C18H17ClN2O3/c1-2-24-16-10-6-5-9-15(16)21-17(22)11-14(18(21)23)20-13-8-4-3-7-12(13)19/h3-10,14,20H,2,11H2,1H3/t14-/m1/s1. The van der Waals surface area contributed by atoms with E-state index in [0.717, 1.165) is 0 Å². The van der Waals surface area contributed by atoms with Crippen LogP contribution in [0.25, 0.3) is 0 Å². The van der Waals surface area contributed by atoms with Crippen LogP contribution in [-0.4, -0.2) is 24.5 Å². The van der Waals surface area contributed by atoms with Crippen molar-refractivity contribution in [3.8, 4) is 5.75 Å². The van der Waals surface area contributed by atoms with E-state index in [1.54, 1.807) is 42.5 Å². The number of benzene rings is 2. The molecule has 1 aliphatic rings. The molecule has 2 amide bonds. The van der Waals surface area contributed by atoms with Gasteiger partial charge >= 0.3 is 0 Å². The molecule has 1 fully saturated rings. The van der Waals surface area contributed by atoms with E-state index in [4.69, 9.17) is 16.3 Å². The number of hydrogen-bond acceptors (Lipinski definition) is 4. The third-order valence-electron chi connectivity index (χ3n) is 3.76. The van der Waals surface area contributed by atoms with Crippen LogP contribution < -0.4 is 15.0 Å². The highest BCUT2D eigenvalue weighted by molar-refractivity contribution is 6.33. The summed E-state index contributed by atoms with van der Waals surface area (Å²) in [6.07, 6.45) is 0.0739. The molecular formula is C18H17ClN2O3. The van der Waals surface area contributed by atoms with E-state index in [9.17, 15) is 9.59 Å². The first kappa shape index (κ1) is 16.3. The smallest absolute Gasteiger partial charge is 0.256 e. The van der Waals surface area contributed by atoms with Crippen LogP contribution in [0.2, 0.25) is 5.02 Å². The Morgan fingerprint density at radius 3 is 2.62 bits per heavy atom. The van der Waals surface area contributed by atoms with Gasteiger partial charge in [-0.25, -0.2) is 4.90 Å². The molecule has 3 rings (SSSR count). The second-order valence-electron chi connectivity index (χ2n) is 5.35. The molecule has 124 valence electrons. The number of rotatable bonds is 5. The number of para-hydroxylation sites is 3. The number of imide groups is 1. The van der Waals surface area contributed by atoms with E-state index in [0.29, 0.717) is 28.8 Å². The van der Waals surface area contributed by atoms with Gasteiger partial charge in [-0.15, -0.1) is 0 Å². The fourth-order valence-corrected chi connectivity index (χ4v) is 2.87. The zero-order valence-corrected chi connectivity index (χ0v) is 13.9. The van der Waals surface area contributed by atoms with E-state index in [1.165, 1.54) is 4.90 Å². The van der Waals surface area contributed by atoms with Crippen molar-refractivity contribution in [3.63, 3.8) is 0 Å². The molecule has 1 atom stereocenters. The minimum Gasteiger partial charge on any atom is -0.492 e. The Morgan fingerprint density at radius 1 is 1.17 bits per heavy atom. The zero-order valence-electron chi connectivity index (χ0n) is 13.2. The molecule has 1 saturated heterocycles. The number of ether oxygens (including phenoxy) is 1. The van der Waals surface area contributed by atoms with Gasteiger partial charge in [-0.05, 0) is 31.2 Å². The molecule has 0 saturated carbocycles. The highest BCUT2D eigenvalue weighted by atomic mass is 35.5. The maximum atomic E-state index is 12.7. The Hall–Kier alpha value is -2.53. The average molecular weight is 345 g/mol. The lowest BCUT2D eigenvalue weighted by atomic mass is 10.2. The lowest BCUT2D eigenvalue weighted by Crippen LogP contribution is -2.35. The second kappa shape index (κ2) is 6.93. The zero-order chi connectivity index (χ0) is 17.1. The Balaban J connectivity index is 1.86. The van der Waals surface area contributed by atoms with Crippen molar-refractivity contribution in [2.75, 3.05) is 16.8 Å². The van der Waals surface area contributed by atoms with Gasteiger partial charge in [-0.1, -0.05) is 35.9 Å². The summed E-state index contributed by atoms with van der Waals surface area (Å²) in [7, 11) is 0. The third-order valence-corrected chi connectivity index (χ3v) is 4.09. The lowest BCUT2D eigenvalue weighted by molar-refractivity contribution is -0.121. The molecule has 1 N–H and O–H groups in total. The van der Waals surface area contributed by atoms with Crippen LogP contribution in [0.5, 0.6) is 5.75 Å². The molecule has 6 heteroatoms. The molecule has 1 aliphatic heterocycles. The quantitative estimate of drug-likeness (QED) is 0.844. The van der Waals surface area contributed by atoms with Gasteiger partial charge in [0.15, 0.2) is 0 Å². The van der Waals surface area contributed by atoms with Crippen molar-refractivity contribution in [2.45, 2.75) is 19.4 Å². The summed E-state index contributed by atoms with van der Waals surface area (Å²) in [5.74, 6) is -0.0659. The summed E-state index contributed by atoms with van der Waals surface area (Å²) in [6, 6.07) is 13.5. The summed E-state index contributed by atoms with van der Waals surface area (Å²) < 4.78 is 5.53. The predicted molar refractivity (Wildman–Crippen MR) is 93.6 cm³/mol. The molecule has 0 spiro atoms. The molecule has 24 heavy (non-hydrogen) atoms. The van der Waals surface area contributed by atoms with Crippen molar-refractivity contribution in [3.05, 3.63) is 53.6 Å². The summed E-state index contributed by atoms with van der Waals surface area (Å²) in [5, 5.41) is 3.56. The minimum absolute atomic E-state index is 0.0739. The normalized spacial score (nSPS) is 17.2. The maximum absolute atomic E-state index is 12.7. The van der Waals surface area contributed by atoms with Gasteiger partial charge in [0.1, 0.15) is 11.8 Å². The van der Waals surface area contributed by atoms with Crippen molar-refractivity contribution in [1.29, 1.82) is 0 Å². The van der Waals surface area contributed by atoms with E-state index in [1.807, 2.05) is 13.0 Å². The summed E-state index contributed by atoms with van der Waals surface area (Å²) >= 11 is 6.11. The molecule has 0 unspecified atom stereocenters. The number of nitrogens with one attached hydrogen (secondary N) is 1. The Labute approximate surface area is 145 Å². The molecule has 0 aromatic heterocycles. The SMILES string of the molecule is CCOc1ccccc1N1C(=O)C[C@@H](Nc2ccccc2Cl)C1=O. The second-order valence-corrected chi connectivity index (χ2v) is 5.76. The number of nitrogens with zero attached hydrogens (tertiary/aromatic N) is 1. The summed E-state index contributed by atoms with van der Waals surface area (Å²) in [4.78, 5) is 26.3. The van der Waals surface area contributed by atoms with Gasteiger partial charge in [0, 0.05) is 0 Å². The Bertz CT molecular complexity index is 778. The van der Waals surface area contributed by atoms with Gasteiger partial charge in [0.25, 0.3) is 5.91 Å². The van der Waals surface area contributed by atoms with Crippen LogP contribution in [0.1, 0.15) is 13.3 Å². The van der Waals surface area contributed by atoms with E-state index in [2.05, 4.69) is 5.32 Å². The van der Waals surface area contributed by atoms with Gasteiger partial charge in [0.05, 0.1) is 29.4 Å². The van der Waals surface area contributed by atoms with E-state index < -0.39 is 6.04 Å². The molecule has 0 radical (unpaired) electrons.